The van der Waals surface area contributed by atoms with E-state index in [0.29, 0.717) is 0 Å². The van der Waals surface area contributed by atoms with Gasteiger partial charge in [-0.2, -0.15) is 5.10 Å². The molecule has 6 N–H and O–H groups in total. The molecule has 1 heterocycles. The van der Waals surface area contributed by atoms with Gasteiger partial charge in [0.25, 0.3) is 10.0 Å². The Morgan fingerprint density at radius 2 is 1.70 bits per heavy atom. The summed E-state index contributed by atoms with van der Waals surface area (Å²) in [6.45, 7) is 0. The molecule has 0 radical (unpaired) electrons. The SMILES string of the molecule is Nc1[nH]ncc1S(=O)(=O)Nc1ccc(S(N)(=O)=O)cc1. The van der Waals surface area contributed by atoms with Gasteiger partial charge in [-0.1, -0.05) is 0 Å². The molecule has 1 aromatic carbocycles. The van der Waals surface area contributed by atoms with Crippen LogP contribution in [0.1, 0.15) is 0 Å². The average Bonchev–Trinajstić information content (AvgIpc) is 2.75. The van der Waals surface area contributed by atoms with E-state index in [1.165, 1.54) is 24.3 Å². The molecule has 0 bridgehead atoms. The fourth-order valence-electron chi connectivity index (χ4n) is 1.42. The Balaban J connectivity index is 2.29. The maximum atomic E-state index is 12.0. The second-order valence-electron chi connectivity index (χ2n) is 3.82. The molecule has 2 rings (SSSR count). The molecule has 0 spiro atoms. The summed E-state index contributed by atoms with van der Waals surface area (Å²) >= 11 is 0. The van der Waals surface area contributed by atoms with E-state index in [1.807, 2.05) is 0 Å². The molecule has 0 saturated carbocycles. The molecule has 0 aliphatic carbocycles. The van der Waals surface area contributed by atoms with Gasteiger partial charge in [0.2, 0.25) is 10.0 Å². The number of H-pyrrole nitrogens is 1. The minimum atomic E-state index is -3.90. The predicted octanol–water partition coefficient (Wildman–Crippen LogP) is -0.560. The number of sulfonamides is 2. The van der Waals surface area contributed by atoms with Crippen LogP contribution in [-0.4, -0.2) is 27.0 Å². The average molecular weight is 317 g/mol. The fourth-order valence-corrected chi connectivity index (χ4v) is 3.02. The highest BCUT2D eigenvalue weighted by molar-refractivity contribution is 7.93. The minimum Gasteiger partial charge on any atom is -0.383 e. The molecule has 0 fully saturated rings. The summed E-state index contributed by atoms with van der Waals surface area (Å²) in [4.78, 5) is -0.323. The zero-order valence-electron chi connectivity index (χ0n) is 9.94. The number of hydrogen-bond acceptors (Lipinski definition) is 6. The van der Waals surface area contributed by atoms with Crippen molar-refractivity contribution in [1.29, 1.82) is 0 Å². The fraction of sp³-hybridized carbons (Fsp3) is 0. The van der Waals surface area contributed by atoms with E-state index >= 15 is 0 Å². The Morgan fingerprint density at radius 1 is 1.10 bits per heavy atom. The van der Waals surface area contributed by atoms with Crippen molar-refractivity contribution in [3.8, 4) is 0 Å². The molecule has 0 aliphatic heterocycles. The van der Waals surface area contributed by atoms with E-state index in [0.717, 1.165) is 6.20 Å². The molecule has 0 aliphatic rings. The third kappa shape index (κ3) is 2.89. The summed E-state index contributed by atoms with van der Waals surface area (Å²) in [5.74, 6) is -0.0985. The van der Waals surface area contributed by atoms with Crippen molar-refractivity contribution in [2.45, 2.75) is 9.79 Å². The zero-order chi connectivity index (χ0) is 15.0. The van der Waals surface area contributed by atoms with E-state index < -0.39 is 20.0 Å². The molecule has 0 saturated heterocycles. The van der Waals surface area contributed by atoms with Gasteiger partial charge >= 0.3 is 0 Å². The van der Waals surface area contributed by atoms with Crippen molar-refractivity contribution >= 4 is 31.6 Å². The van der Waals surface area contributed by atoms with Gasteiger partial charge < -0.3 is 5.73 Å². The molecule has 2 aromatic rings. The number of primary sulfonamides is 1. The van der Waals surface area contributed by atoms with Gasteiger partial charge in [0.15, 0.2) is 0 Å². The van der Waals surface area contributed by atoms with Crippen LogP contribution in [-0.2, 0) is 20.0 Å². The first-order valence-electron chi connectivity index (χ1n) is 5.15. The van der Waals surface area contributed by atoms with Crippen molar-refractivity contribution in [3.63, 3.8) is 0 Å². The van der Waals surface area contributed by atoms with E-state index in [2.05, 4.69) is 14.9 Å². The van der Waals surface area contributed by atoms with Gasteiger partial charge in [-0.05, 0) is 24.3 Å². The number of aromatic amines is 1. The predicted molar refractivity (Wildman–Crippen MR) is 71.6 cm³/mol. The number of nitrogens with one attached hydrogen (secondary N) is 2. The Bertz CT molecular complexity index is 823. The highest BCUT2D eigenvalue weighted by atomic mass is 32.2. The molecule has 0 amide bonds. The summed E-state index contributed by atoms with van der Waals surface area (Å²) in [5.41, 5.74) is 5.59. The number of nitrogens with two attached hydrogens (primary N) is 2. The standard InChI is InChI=1S/C9H11N5O4S2/c10-9-8(5-12-13-9)20(17,18)14-6-1-3-7(4-2-6)19(11,15)16/h1-5,14H,(H3,10,12,13)(H2,11,15,16). The van der Waals surface area contributed by atoms with Crippen molar-refractivity contribution < 1.29 is 16.8 Å². The Kier molecular flexibility index (Phi) is 3.41. The van der Waals surface area contributed by atoms with Crippen molar-refractivity contribution in [3.05, 3.63) is 30.5 Å². The molecule has 1 aromatic heterocycles. The number of nitrogen functional groups attached to an aromatic ring is 1. The smallest absolute Gasteiger partial charge is 0.267 e. The van der Waals surface area contributed by atoms with Crippen LogP contribution in [0.5, 0.6) is 0 Å². The third-order valence-electron chi connectivity index (χ3n) is 2.36. The van der Waals surface area contributed by atoms with Gasteiger partial charge in [0.1, 0.15) is 10.7 Å². The molecule has 9 nitrogen and oxygen atoms in total. The van der Waals surface area contributed by atoms with Gasteiger partial charge in [0.05, 0.1) is 11.1 Å². The molecular formula is C9H11N5O4S2. The maximum Gasteiger partial charge on any atom is 0.267 e. The van der Waals surface area contributed by atoms with Gasteiger partial charge in [-0.25, -0.2) is 22.0 Å². The summed E-state index contributed by atoms with van der Waals surface area (Å²) in [7, 11) is -7.72. The second-order valence-corrected chi connectivity index (χ2v) is 7.04. The first-order valence-corrected chi connectivity index (χ1v) is 8.17. The van der Waals surface area contributed by atoms with Crippen LogP contribution < -0.4 is 15.6 Å². The minimum absolute atomic E-state index is 0.0985. The Hall–Kier alpha value is -2.11. The summed E-state index contributed by atoms with van der Waals surface area (Å²) in [6.07, 6.45) is 1.07. The van der Waals surface area contributed by atoms with Crippen LogP contribution in [0.4, 0.5) is 11.5 Å². The van der Waals surface area contributed by atoms with Crippen LogP contribution in [0.15, 0.2) is 40.3 Å². The van der Waals surface area contributed by atoms with Crippen LogP contribution in [0.3, 0.4) is 0 Å². The number of benzene rings is 1. The second kappa shape index (κ2) is 4.77. The normalized spacial score (nSPS) is 12.2. The first kappa shape index (κ1) is 14.3. The van der Waals surface area contributed by atoms with Gasteiger partial charge in [0, 0.05) is 5.69 Å². The lowest BCUT2D eigenvalue weighted by Crippen LogP contribution is -2.15. The van der Waals surface area contributed by atoms with Crippen LogP contribution in [0, 0.1) is 0 Å². The lowest BCUT2D eigenvalue weighted by Gasteiger charge is -2.07. The quantitative estimate of drug-likeness (QED) is 0.591. The highest BCUT2D eigenvalue weighted by Gasteiger charge is 2.19. The summed E-state index contributed by atoms with van der Waals surface area (Å²) in [5, 5.41) is 10.7. The molecule has 0 atom stereocenters. The number of aromatic nitrogens is 2. The number of rotatable bonds is 4. The third-order valence-corrected chi connectivity index (χ3v) is 4.69. The van der Waals surface area contributed by atoms with Crippen LogP contribution in [0.2, 0.25) is 0 Å². The molecule has 108 valence electrons. The van der Waals surface area contributed by atoms with Crippen molar-refractivity contribution in [2.75, 3.05) is 10.5 Å². The van der Waals surface area contributed by atoms with Gasteiger partial charge in [-0.3, -0.25) is 9.82 Å². The molecule has 11 heteroatoms. The van der Waals surface area contributed by atoms with Crippen molar-refractivity contribution in [1.82, 2.24) is 10.2 Å². The molecule has 20 heavy (non-hydrogen) atoms. The molecular weight excluding hydrogens is 306 g/mol. The summed E-state index contributed by atoms with van der Waals surface area (Å²) in [6, 6.07) is 4.92. The lowest BCUT2D eigenvalue weighted by molar-refractivity contribution is 0.597. The van der Waals surface area contributed by atoms with E-state index in [9.17, 15) is 16.8 Å². The Labute approximate surface area is 115 Å². The number of hydrogen-bond donors (Lipinski definition) is 4. The first-order chi connectivity index (χ1) is 9.20. The monoisotopic (exact) mass is 317 g/mol. The Morgan fingerprint density at radius 3 is 2.15 bits per heavy atom. The summed E-state index contributed by atoms with van der Waals surface area (Å²) < 4.78 is 48.3. The highest BCUT2D eigenvalue weighted by Crippen LogP contribution is 2.20. The van der Waals surface area contributed by atoms with E-state index in [1.54, 1.807) is 0 Å². The van der Waals surface area contributed by atoms with Crippen molar-refractivity contribution in [2.24, 2.45) is 5.14 Å². The zero-order valence-corrected chi connectivity index (χ0v) is 11.6. The number of nitrogens with zero attached hydrogens (tertiary/aromatic N) is 1. The van der Waals surface area contributed by atoms with E-state index in [4.69, 9.17) is 10.9 Å². The molecule has 0 unspecified atom stereocenters. The number of anilines is 2. The topological polar surface area (TPSA) is 161 Å². The maximum absolute atomic E-state index is 12.0. The van der Waals surface area contributed by atoms with Crippen LogP contribution in [0.25, 0.3) is 0 Å². The van der Waals surface area contributed by atoms with E-state index in [-0.39, 0.29) is 21.3 Å². The van der Waals surface area contributed by atoms with Crippen LogP contribution >= 0.6 is 0 Å². The van der Waals surface area contributed by atoms with Gasteiger partial charge in [-0.15, -0.1) is 0 Å². The largest absolute Gasteiger partial charge is 0.383 e. The lowest BCUT2D eigenvalue weighted by atomic mass is 10.3.